The molecule has 2 aliphatic carbocycles. The Bertz CT molecular complexity index is 429. The van der Waals surface area contributed by atoms with E-state index in [9.17, 15) is 0 Å². The van der Waals surface area contributed by atoms with E-state index < -0.39 is 17.1 Å². The predicted molar refractivity (Wildman–Crippen MR) is 142 cm³/mol. The van der Waals surface area contributed by atoms with Gasteiger partial charge in [-0.05, 0) is 51.6 Å². The molecule has 0 heterocycles. The normalized spacial score (nSPS) is 21.5. The molecule has 2 saturated carbocycles. The van der Waals surface area contributed by atoms with Crippen molar-refractivity contribution in [1.29, 1.82) is 0 Å². The maximum atomic E-state index is 6.11. The molecule has 0 amide bonds. The average Bonchev–Trinajstić information content (AvgIpc) is 2.84. The monoisotopic (exact) mass is 488 g/mol. The number of hydrogen-bond acceptors (Lipinski definition) is 4. The van der Waals surface area contributed by atoms with E-state index in [2.05, 4.69) is 27.3 Å². The van der Waals surface area contributed by atoms with Gasteiger partial charge in [0.1, 0.15) is 0 Å². The topological polar surface area (TPSA) is 36.9 Å². The van der Waals surface area contributed by atoms with Crippen molar-refractivity contribution >= 4 is 17.1 Å². The zero-order valence-electron chi connectivity index (χ0n) is 22.7. The molecule has 6 heteroatoms. The Morgan fingerprint density at radius 2 is 1.19 bits per heavy atom. The minimum absolute atomic E-state index is 0.360. The van der Waals surface area contributed by atoms with Gasteiger partial charge < -0.3 is 17.7 Å². The predicted octanol–water partition coefficient (Wildman–Crippen LogP) is 8.49. The fourth-order valence-corrected chi connectivity index (χ4v) is 12.8. The van der Waals surface area contributed by atoms with Crippen LogP contribution < -0.4 is 0 Å². The summed E-state index contributed by atoms with van der Waals surface area (Å²) in [6.07, 6.45) is 20.2. The zero-order valence-corrected chi connectivity index (χ0v) is 24.7. The van der Waals surface area contributed by atoms with Gasteiger partial charge in [-0.25, -0.2) is 0 Å². The van der Waals surface area contributed by atoms with Crippen LogP contribution in [0.15, 0.2) is 0 Å². The maximum Gasteiger partial charge on any atom is 0.344 e. The van der Waals surface area contributed by atoms with E-state index in [0.29, 0.717) is 6.10 Å². The van der Waals surface area contributed by atoms with Crippen molar-refractivity contribution in [1.82, 2.24) is 0 Å². The minimum Gasteiger partial charge on any atom is -0.398 e. The molecule has 2 aliphatic rings. The van der Waals surface area contributed by atoms with Crippen molar-refractivity contribution in [2.24, 2.45) is 0 Å². The van der Waals surface area contributed by atoms with Gasteiger partial charge in [0.15, 0.2) is 0 Å². The Kier molecular flexibility index (Phi) is 15.9. The van der Waals surface area contributed by atoms with E-state index in [-0.39, 0.29) is 0 Å². The lowest BCUT2D eigenvalue weighted by Crippen LogP contribution is -2.50. The smallest absolute Gasteiger partial charge is 0.344 e. The first kappa shape index (κ1) is 30.3. The number of rotatable bonds is 13. The van der Waals surface area contributed by atoms with Gasteiger partial charge >= 0.3 is 17.1 Å². The van der Waals surface area contributed by atoms with E-state index in [0.717, 1.165) is 23.5 Å². The van der Waals surface area contributed by atoms with E-state index in [4.69, 9.17) is 17.7 Å². The largest absolute Gasteiger partial charge is 0.398 e. The van der Waals surface area contributed by atoms with Crippen molar-refractivity contribution < 1.29 is 17.7 Å². The van der Waals surface area contributed by atoms with E-state index in [1.54, 1.807) is 7.11 Å². The molecule has 0 N–H and O–H groups in total. The summed E-state index contributed by atoms with van der Waals surface area (Å²) in [4.78, 5) is 0. The molecule has 0 aromatic heterocycles. The first-order valence-electron chi connectivity index (χ1n) is 13.7. The lowest BCUT2D eigenvalue weighted by molar-refractivity contribution is 0.136. The molecule has 0 aliphatic heterocycles. The molecule has 0 aromatic carbocycles. The van der Waals surface area contributed by atoms with E-state index in [1.165, 1.54) is 89.9 Å². The average molecular weight is 489 g/mol. The molecule has 2 fully saturated rings. The van der Waals surface area contributed by atoms with Crippen molar-refractivity contribution in [3.05, 3.63) is 0 Å². The van der Waals surface area contributed by atoms with Crippen LogP contribution in [0.3, 0.4) is 0 Å². The summed E-state index contributed by atoms with van der Waals surface area (Å²) in [5, 5.41) is 0. The Morgan fingerprint density at radius 1 is 0.719 bits per heavy atom. The highest BCUT2D eigenvalue weighted by Gasteiger charge is 2.51. The van der Waals surface area contributed by atoms with Gasteiger partial charge in [0, 0.05) is 38.5 Å². The highest BCUT2D eigenvalue weighted by atomic mass is 28.4. The van der Waals surface area contributed by atoms with Crippen molar-refractivity contribution in [2.45, 2.75) is 147 Å². The molecule has 2 atom stereocenters. The highest BCUT2D eigenvalue weighted by molar-refractivity contribution is 6.70. The minimum atomic E-state index is -1.94. The first-order chi connectivity index (χ1) is 15.4. The third kappa shape index (κ3) is 9.87. The summed E-state index contributed by atoms with van der Waals surface area (Å²) >= 11 is 0. The van der Waals surface area contributed by atoms with Gasteiger partial charge in [0.25, 0.3) is 0 Å². The SMILES string of the molecule is CCCCC(C)O[Si](C)(CCCC)OC.CO[Si](OC)(C1CCCCC1)C1CCCCC1. The van der Waals surface area contributed by atoms with Crippen LogP contribution in [-0.4, -0.2) is 44.6 Å². The van der Waals surface area contributed by atoms with Crippen molar-refractivity contribution in [3.63, 3.8) is 0 Å². The molecule has 192 valence electrons. The summed E-state index contributed by atoms with van der Waals surface area (Å²) in [5.41, 5.74) is 1.52. The molecule has 0 radical (unpaired) electrons. The van der Waals surface area contributed by atoms with Gasteiger partial charge in [-0.2, -0.15) is 0 Å². The Morgan fingerprint density at radius 3 is 1.56 bits per heavy atom. The second kappa shape index (κ2) is 16.8. The summed E-state index contributed by atoms with van der Waals surface area (Å²) in [6.45, 7) is 8.79. The fourth-order valence-electron chi connectivity index (χ4n) is 5.78. The second-order valence-corrected chi connectivity index (χ2v) is 17.6. The van der Waals surface area contributed by atoms with Crippen LogP contribution in [0, 0.1) is 0 Å². The molecule has 0 spiro atoms. The van der Waals surface area contributed by atoms with Crippen LogP contribution in [-0.2, 0) is 17.7 Å². The van der Waals surface area contributed by atoms with Gasteiger partial charge in [-0.3, -0.25) is 0 Å². The van der Waals surface area contributed by atoms with Crippen LogP contribution >= 0.6 is 0 Å². The van der Waals surface area contributed by atoms with E-state index >= 15 is 0 Å². The molecule has 0 saturated heterocycles. The summed E-state index contributed by atoms with van der Waals surface area (Å²) in [7, 11) is 1.83. The van der Waals surface area contributed by atoms with Gasteiger partial charge in [-0.1, -0.05) is 78.1 Å². The van der Waals surface area contributed by atoms with Crippen LogP contribution in [0.1, 0.15) is 117 Å². The third-order valence-corrected chi connectivity index (χ3v) is 15.6. The summed E-state index contributed by atoms with van der Waals surface area (Å²) in [5.74, 6) is 0. The van der Waals surface area contributed by atoms with Gasteiger partial charge in [0.05, 0.1) is 0 Å². The molecule has 2 unspecified atom stereocenters. The molecular formula is C26H56O4Si2. The lowest BCUT2D eigenvalue weighted by Gasteiger charge is -2.43. The molecule has 0 aromatic rings. The Hall–Kier alpha value is 0.274. The number of hydrogen-bond donors (Lipinski definition) is 0. The van der Waals surface area contributed by atoms with Crippen LogP contribution in [0.2, 0.25) is 23.7 Å². The molecular weight excluding hydrogens is 432 g/mol. The zero-order chi connectivity index (χ0) is 23.9. The first-order valence-corrected chi connectivity index (χ1v) is 18.2. The second-order valence-electron chi connectivity index (χ2n) is 10.3. The lowest BCUT2D eigenvalue weighted by atomic mass is 9.99. The molecule has 4 nitrogen and oxygen atoms in total. The maximum absolute atomic E-state index is 6.11. The van der Waals surface area contributed by atoms with Gasteiger partial charge in [0.2, 0.25) is 0 Å². The Balaban J connectivity index is 0.000000324. The van der Waals surface area contributed by atoms with Crippen molar-refractivity contribution in [3.8, 4) is 0 Å². The third-order valence-electron chi connectivity index (χ3n) is 7.82. The van der Waals surface area contributed by atoms with Crippen LogP contribution in [0.4, 0.5) is 0 Å². The highest BCUT2D eigenvalue weighted by Crippen LogP contribution is 2.48. The van der Waals surface area contributed by atoms with Crippen LogP contribution in [0.5, 0.6) is 0 Å². The molecule has 32 heavy (non-hydrogen) atoms. The van der Waals surface area contributed by atoms with E-state index in [1.807, 2.05) is 14.2 Å². The summed E-state index contributed by atoms with van der Waals surface area (Å²) < 4.78 is 23.9. The Labute approximate surface area is 203 Å². The fraction of sp³-hybridized carbons (Fsp3) is 1.00. The quantitative estimate of drug-likeness (QED) is 0.243. The molecule has 2 rings (SSSR count). The molecule has 0 bridgehead atoms. The summed E-state index contributed by atoms with van der Waals surface area (Å²) in [6, 6.07) is 1.12. The number of unbranched alkanes of at least 4 members (excludes halogenated alkanes) is 2. The standard InChI is InChI=1S/C14H28O2Si.C12H28O2Si/c1-15-17(16-2,13-9-5-3-6-10-13)14-11-7-4-8-12-14;1-6-8-10-12(3)14-15(5,13-4)11-9-7-2/h13-14H,3-12H2,1-2H3;12H,6-11H2,1-5H3. The van der Waals surface area contributed by atoms with Crippen molar-refractivity contribution in [2.75, 3.05) is 21.3 Å². The van der Waals surface area contributed by atoms with Gasteiger partial charge in [-0.15, -0.1) is 0 Å². The van der Waals surface area contributed by atoms with Crippen LogP contribution in [0.25, 0.3) is 0 Å².